The number of hydrogen-bond acceptors (Lipinski definition) is 0. The first-order chi connectivity index (χ1) is 10.7. The maximum Gasteiger partial charge on any atom is 0.0770 e. The van der Waals surface area contributed by atoms with E-state index in [0.717, 1.165) is 0 Å². The predicted octanol–water partition coefficient (Wildman–Crippen LogP) is 6.46. The van der Waals surface area contributed by atoms with Crippen molar-refractivity contribution in [3.05, 3.63) is 45.6 Å². The van der Waals surface area contributed by atoms with E-state index in [-0.39, 0.29) is 10.8 Å². The van der Waals surface area contributed by atoms with Gasteiger partial charge in [0.15, 0.2) is 0 Å². The monoisotopic (exact) mass is 334 g/mol. The Morgan fingerprint density at radius 3 is 1.59 bits per heavy atom. The zero-order valence-corrected chi connectivity index (χ0v) is 14.8. The van der Waals surface area contributed by atoms with Crippen molar-refractivity contribution in [2.75, 3.05) is 0 Å². The molecule has 0 aromatic carbocycles. The third-order valence-electron chi connectivity index (χ3n) is 5.99. The lowest BCUT2D eigenvalue weighted by Gasteiger charge is -2.24. The van der Waals surface area contributed by atoms with Gasteiger partial charge in [-0.2, -0.15) is 0 Å². The van der Waals surface area contributed by atoms with Crippen molar-refractivity contribution in [1.29, 1.82) is 0 Å². The van der Waals surface area contributed by atoms with Crippen LogP contribution in [0.2, 0.25) is 0 Å². The van der Waals surface area contributed by atoms with Crippen LogP contribution in [0.4, 0.5) is 0 Å². The summed E-state index contributed by atoms with van der Waals surface area (Å²) in [7, 11) is 0. The number of rotatable bonds is 2. The van der Waals surface area contributed by atoms with E-state index in [9.17, 15) is 0 Å². The summed E-state index contributed by atoms with van der Waals surface area (Å²) in [6, 6.07) is 0. The summed E-state index contributed by atoms with van der Waals surface area (Å²) in [5.74, 6) is 0.376. The summed E-state index contributed by atoms with van der Waals surface area (Å²) in [5, 5.41) is 0.236. The largest absolute Gasteiger partial charge is 0.113 e. The molecule has 0 saturated carbocycles. The third kappa shape index (κ3) is 2.34. The Labute approximate surface area is 143 Å². The molecule has 22 heavy (non-hydrogen) atoms. The average Bonchev–Trinajstić information content (AvgIpc) is 3.06. The average molecular weight is 335 g/mol. The van der Waals surface area contributed by atoms with Gasteiger partial charge < -0.3 is 0 Å². The first kappa shape index (κ1) is 15.1. The number of allylic oxidation sites excluding steroid dienone is 8. The molecule has 4 aliphatic carbocycles. The molecule has 0 nitrogen and oxygen atoms in total. The van der Waals surface area contributed by atoms with Crippen LogP contribution in [-0.4, -0.2) is 10.8 Å². The van der Waals surface area contributed by atoms with Crippen LogP contribution in [0.25, 0.3) is 0 Å². The highest BCUT2D eigenvalue weighted by Gasteiger charge is 2.36. The van der Waals surface area contributed by atoms with Gasteiger partial charge >= 0.3 is 0 Å². The second kappa shape index (κ2) is 5.87. The molecular weight excluding hydrogens is 311 g/mol. The summed E-state index contributed by atoms with van der Waals surface area (Å²) >= 11 is 13.6. The van der Waals surface area contributed by atoms with Gasteiger partial charge in [0, 0.05) is 5.92 Å². The van der Waals surface area contributed by atoms with E-state index < -0.39 is 0 Å². The predicted molar refractivity (Wildman–Crippen MR) is 95.6 cm³/mol. The zero-order valence-electron chi connectivity index (χ0n) is 13.3. The maximum atomic E-state index is 6.82. The molecule has 2 unspecified atom stereocenters. The summed E-state index contributed by atoms with van der Waals surface area (Å²) in [5.41, 5.74) is 8.83. The van der Waals surface area contributed by atoms with E-state index in [0.29, 0.717) is 5.92 Å². The van der Waals surface area contributed by atoms with Crippen molar-refractivity contribution in [1.82, 2.24) is 0 Å². The first-order valence-electron chi connectivity index (χ1n) is 8.81. The molecule has 0 fully saturated rings. The van der Waals surface area contributed by atoms with Crippen molar-refractivity contribution in [3.63, 3.8) is 0 Å². The van der Waals surface area contributed by atoms with Crippen LogP contribution < -0.4 is 0 Å². The standard InChI is InChI=1S/C20H24Cl2/c1-12(17-10-13-6-2-4-8-15(13)19(17)21)18-11-14-7-3-5-9-16(14)20(18)22/h10-12,19-20H,2-9H2,1H3. The Hall–Kier alpha value is -0.460. The summed E-state index contributed by atoms with van der Waals surface area (Å²) in [4.78, 5) is 0. The zero-order chi connectivity index (χ0) is 15.3. The van der Waals surface area contributed by atoms with Crippen LogP contribution in [0.5, 0.6) is 0 Å². The van der Waals surface area contributed by atoms with Crippen LogP contribution >= 0.6 is 23.2 Å². The van der Waals surface area contributed by atoms with Crippen LogP contribution in [0, 0.1) is 5.92 Å². The van der Waals surface area contributed by atoms with Crippen molar-refractivity contribution in [3.8, 4) is 0 Å². The minimum absolute atomic E-state index is 0.118. The smallest absolute Gasteiger partial charge is 0.0770 e. The Bertz CT molecular complexity index is 564. The highest BCUT2D eigenvalue weighted by molar-refractivity contribution is 6.26. The second-order valence-corrected chi connectivity index (χ2v) is 8.12. The van der Waals surface area contributed by atoms with E-state index >= 15 is 0 Å². The van der Waals surface area contributed by atoms with E-state index in [4.69, 9.17) is 23.2 Å². The molecule has 118 valence electrons. The van der Waals surface area contributed by atoms with Crippen LogP contribution in [0.3, 0.4) is 0 Å². The van der Waals surface area contributed by atoms with Crippen molar-refractivity contribution in [2.24, 2.45) is 5.92 Å². The highest BCUT2D eigenvalue weighted by atomic mass is 35.5. The fourth-order valence-corrected chi connectivity index (χ4v) is 5.65. The Balaban J connectivity index is 1.58. The SMILES string of the molecule is CC(C1=CC2=C(CCCC2)C1Cl)C1=CC2=C(CCCC2)C1Cl. The van der Waals surface area contributed by atoms with Gasteiger partial charge in [-0.1, -0.05) is 19.1 Å². The normalized spacial score (nSPS) is 32.7. The van der Waals surface area contributed by atoms with Crippen LogP contribution in [0.15, 0.2) is 45.6 Å². The van der Waals surface area contributed by atoms with E-state index in [1.165, 1.54) is 84.8 Å². The van der Waals surface area contributed by atoms with Gasteiger partial charge in [-0.3, -0.25) is 0 Å². The van der Waals surface area contributed by atoms with Gasteiger partial charge in [-0.25, -0.2) is 0 Å². The van der Waals surface area contributed by atoms with E-state index in [1.807, 2.05) is 0 Å². The molecule has 0 saturated heterocycles. The quantitative estimate of drug-likeness (QED) is 0.508. The third-order valence-corrected chi connectivity index (χ3v) is 7.02. The molecule has 0 aliphatic heterocycles. The first-order valence-corrected chi connectivity index (χ1v) is 9.69. The molecule has 4 rings (SSSR count). The topological polar surface area (TPSA) is 0 Å². The molecule has 0 aromatic heterocycles. The maximum absolute atomic E-state index is 6.82. The molecule has 0 N–H and O–H groups in total. The van der Waals surface area contributed by atoms with Gasteiger partial charge in [-0.15, -0.1) is 23.2 Å². The minimum Gasteiger partial charge on any atom is -0.113 e. The Morgan fingerprint density at radius 2 is 1.18 bits per heavy atom. The van der Waals surface area contributed by atoms with Crippen LogP contribution in [-0.2, 0) is 0 Å². The summed E-state index contributed by atoms with van der Waals surface area (Å²) in [6.45, 7) is 2.30. The van der Waals surface area contributed by atoms with Gasteiger partial charge in [0.2, 0.25) is 0 Å². The summed E-state index contributed by atoms with van der Waals surface area (Å²) in [6.07, 6.45) is 14.8. The Morgan fingerprint density at radius 1 is 0.773 bits per heavy atom. The number of hydrogen-bond donors (Lipinski definition) is 0. The lowest BCUT2D eigenvalue weighted by Crippen LogP contribution is -2.17. The van der Waals surface area contributed by atoms with E-state index in [1.54, 1.807) is 0 Å². The van der Waals surface area contributed by atoms with Gasteiger partial charge in [-0.05, 0) is 84.8 Å². The van der Waals surface area contributed by atoms with E-state index in [2.05, 4.69) is 19.1 Å². The van der Waals surface area contributed by atoms with Crippen LogP contribution in [0.1, 0.15) is 58.3 Å². The van der Waals surface area contributed by atoms with Gasteiger partial charge in [0.1, 0.15) is 0 Å². The lowest BCUT2D eigenvalue weighted by atomic mass is 9.87. The molecule has 0 amide bonds. The van der Waals surface area contributed by atoms with Crippen molar-refractivity contribution < 1.29 is 0 Å². The molecule has 0 spiro atoms. The fourth-order valence-electron chi connectivity index (χ4n) is 4.65. The molecule has 0 heterocycles. The molecule has 0 bridgehead atoms. The fraction of sp³-hybridized carbons (Fsp3) is 0.600. The molecule has 2 heteroatoms. The van der Waals surface area contributed by atoms with Crippen molar-refractivity contribution in [2.45, 2.75) is 69.0 Å². The number of halogens is 2. The molecule has 4 aliphatic rings. The molecule has 0 aromatic rings. The van der Waals surface area contributed by atoms with Gasteiger partial charge in [0.25, 0.3) is 0 Å². The van der Waals surface area contributed by atoms with Crippen molar-refractivity contribution >= 4 is 23.2 Å². The highest BCUT2D eigenvalue weighted by Crippen LogP contribution is 2.48. The number of alkyl halides is 2. The lowest BCUT2D eigenvalue weighted by molar-refractivity contribution is 0.668. The summed E-state index contributed by atoms with van der Waals surface area (Å²) < 4.78 is 0. The second-order valence-electron chi connectivity index (χ2n) is 7.25. The van der Waals surface area contributed by atoms with Gasteiger partial charge in [0.05, 0.1) is 10.8 Å². The minimum atomic E-state index is 0.118. The molecule has 0 radical (unpaired) electrons. The molecular formula is C20H24Cl2. The Kier molecular flexibility index (Phi) is 4.03. The molecule has 2 atom stereocenters.